The maximum atomic E-state index is 10.8. The molecule has 0 N–H and O–H groups in total. The van der Waals surface area contributed by atoms with Gasteiger partial charge in [-0.25, -0.2) is 4.98 Å². The third-order valence-corrected chi connectivity index (χ3v) is 4.72. The molecule has 0 fully saturated rings. The van der Waals surface area contributed by atoms with Crippen molar-refractivity contribution in [3.63, 3.8) is 0 Å². The molecule has 0 radical (unpaired) electrons. The molecule has 0 saturated carbocycles. The van der Waals surface area contributed by atoms with Crippen molar-refractivity contribution in [3.05, 3.63) is 15.6 Å². The second-order valence-corrected chi connectivity index (χ2v) is 6.65. The molecule has 0 atom stereocenters. The molecule has 0 saturated heterocycles. The lowest BCUT2D eigenvalue weighted by Crippen LogP contribution is -2.32. The number of hydrogen-bond acceptors (Lipinski definition) is 3. The maximum absolute atomic E-state index is 10.8. The lowest BCUT2D eigenvalue weighted by Gasteiger charge is -2.37. The predicted octanol–water partition coefficient (Wildman–Crippen LogP) is 3.30. The fourth-order valence-electron chi connectivity index (χ4n) is 2.16. The van der Waals surface area contributed by atoms with E-state index in [2.05, 4.69) is 32.7 Å². The van der Waals surface area contributed by atoms with Crippen molar-refractivity contribution in [1.29, 1.82) is 0 Å². The number of aldehydes is 1. The topological polar surface area (TPSA) is 30.0 Å². The van der Waals surface area contributed by atoms with Crippen molar-refractivity contribution in [2.24, 2.45) is 0 Å². The molecular formula is C12H17NOS. The maximum Gasteiger partial charge on any atom is 0.178 e. The Morgan fingerprint density at radius 3 is 2.33 bits per heavy atom. The lowest BCUT2D eigenvalue weighted by molar-refractivity contribution is 0.112. The highest BCUT2D eigenvalue weighted by Gasteiger charge is 2.40. The number of fused-ring (bicyclic) bond motifs is 1. The van der Waals surface area contributed by atoms with Gasteiger partial charge >= 0.3 is 0 Å². The number of thiazole rings is 1. The van der Waals surface area contributed by atoms with E-state index in [4.69, 9.17) is 0 Å². The van der Waals surface area contributed by atoms with Crippen LogP contribution in [0.5, 0.6) is 0 Å². The molecule has 1 aliphatic carbocycles. The van der Waals surface area contributed by atoms with Gasteiger partial charge in [-0.3, -0.25) is 4.79 Å². The minimum atomic E-state index is 0.128. The smallest absolute Gasteiger partial charge is 0.178 e. The van der Waals surface area contributed by atoms with Gasteiger partial charge in [0.1, 0.15) is 0 Å². The summed E-state index contributed by atoms with van der Waals surface area (Å²) in [4.78, 5) is 16.6. The van der Waals surface area contributed by atoms with E-state index in [1.807, 2.05) is 0 Å². The van der Waals surface area contributed by atoms with Crippen LogP contribution in [0.15, 0.2) is 0 Å². The van der Waals surface area contributed by atoms with Crippen LogP contribution in [0.25, 0.3) is 0 Å². The first-order valence-corrected chi connectivity index (χ1v) is 6.15. The first-order valence-electron chi connectivity index (χ1n) is 5.34. The molecule has 0 amide bonds. The molecule has 0 spiro atoms. The van der Waals surface area contributed by atoms with Crippen molar-refractivity contribution in [2.75, 3.05) is 0 Å². The van der Waals surface area contributed by atoms with Crippen LogP contribution >= 0.6 is 11.3 Å². The highest BCUT2D eigenvalue weighted by molar-refractivity contribution is 7.13. The van der Waals surface area contributed by atoms with E-state index in [9.17, 15) is 4.79 Å². The minimum absolute atomic E-state index is 0.128. The van der Waals surface area contributed by atoms with Gasteiger partial charge < -0.3 is 0 Å². The van der Waals surface area contributed by atoms with Crippen LogP contribution in [-0.4, -0.2) is 11.3 Å². The van der Waals surface area contributed by atoms with E-state index in [1.165, 1.54) is 11.3 Å². The van der Waals surface area contributed by atoms with Crippen LogP contribution in [0.3, 0.4) is 0 Å². The molecule has 0 aromatic carbocycles. The Bertz CT molecular complexity index is 370. The first kappa shape index (κ1) is 10.8. The van der Waals surface area contributed by atoms with E-state index in [1.54, 1.807) is 11.3 Å². The molecule has 15 heavy (non-hydrogen) atoms. The molecule has 1 aliphatic rings. The Morgan fingerprint density at radius 2 is 1.80 bits per heavy atom. The third kappa shape index (κ3) is 1.63. The summed E-state index contributed by atoms with van der Waals surface area (Å²) in [5.74, 6) is 0. The molecule has 0 aliphatic heterocycles. The quantitative estimate of drug-likeness (QED) is 0.684. The zero-order valence-electron chi connectivity index (χ0n) is 9.76. The van der Waals surface area contributed by atoms with Gasteiger partial charge in [0.25, 0.3) is 0 Å². The second kappa shape index (κ2) is 3.14. The van der Waals surface area contributed by atoms with Gasteiger partial charge in [0.2, 0.25) is 0 Å². The van der Waals surface area contributed by atoms with Gasteiger partial charge in [-0.05, 0) is 12.8 Å². The minimum Gasteiger partial charge on any atom is -0.295 e. The van der Waals surface area contributed by atoms with Gasteiger partial charge in [0.15, 0.2) is 11.3 Å². The monoisotopic (exact) mass is 223 g/mol. The van der Waals surface area contributed by atoms with Gasteiger partial charge in [-0.1, -0.05) is 27.7 Å². The van der Waals surface area contributed by atoms with Crippen LogP contribution in [-0.2, 0) is 10.8 Å². The van der Waals surface area contributed by atoms with Crippen molar-refractivity contribution >= 4 is 17.6 Å². The molecule has 82 valence electrons. The SMILES string of the molecule is CC1(C)CCC(C)(C)c2sc(C=O)nc21. The van der Waals surface area contributed by atoms with E-state index >= 15 is 0 Å². The Balaban J connectivity index is 2.61. The normalized spacial score (nSPS) is 22.1. The average Bonchev–Trinajstić information content (AvgIpc) is 2.59. The number of hydrogen-bond donors (Lipinski definition) is 0. The zero-order chi connectivity index (χ0) is 11.3. The van der Waals surface area contributed by atoms with Crippen molar-refractivity contribution in [1.82, 2.24) is 4.98 Å². The van der Waals surface area contributed by atoms with E-state index in [-0.39, 0.29) is 10.8 Å². The number of carbonyl (C=O) groups excluding carboxylic acids is 1. The van der Waals surface area contributed by atoms with Crippen LogP contribution in [0.1, 0.15) is 60.9 Å². The van der Waals surface area contributed by atoms with Crippen molar-refractivity contribution < 1.29 is 4.79 Å². The third-order valence-electron chi connectivity index (χ3n) is 3.38. The Labute approximate surface area is 94.7 Å². The molecule has 0 bridgehead atoms. The summed E-state index contributed by atoms with van der Waals surface area (Å²) < 4.78 is 0. The second-order valence-electron chi connectivity index (χ2n) is 5.62. The molecule has 3 heteroatoms. The number of carbonyl (C=O) groups is 1. The molecule has 0 unspecified atom stereocenters. The molecular weight excluding hydrogens is 206 g/mol. The number of rotatable bonds is 1. The number of aromatic nitrogens is 1. The summed E-state index contributed by atoms with van der Waals surface area (Å²) in [6, 6.07) is 0. The molecule has 1 heterocycles. The summed E-state index contributed by atoms with van der Waals surface area (Å²) in [6.07, 6.45) is 3.19. The summed E-state index contributed by atoms with van der Waals surface area (Å²) in [7, 11) is 0. The van der Waals surface area contributed by atoms with E-state index in [0.29, 0.717) is 5.01 Å². The lowest BCUT2D eigenvalue weighted by atomic mass is 9.69. The highest BCUT2D eigenvalue weighted by atomic mass is 32.1. The van der Waals surface area contributed by atoms with Gasteiger partial charge in [-0.15, -0.1) is 11.3 Å². The summed E-state index contributed by atoms with van der Waals surface area (Å²) >= 11 is 1.57. The first-order chi connectivity index (χ1) is 6.87. The standard InChI is InChI=1S/C12H17NOS/c1-11(2)5-6-12(3,4)10-9(11)13-8(7-14)15-10/h7H,5-6H2,1-4H3. The Morgan fingerprint density at radius 1 is 1.20 bits per heavy atom. The fourth-order valence-corrected chi connectivity index (χ4v) is 3.35. The molecule has 2 rings (SSSR count). The van der Waals surface area contributed by atoms with Crippen molar-refractivity contribution in [3.8, 4) is 0 Å². The summed E-state index contributed by atoms with van der Waals surface area (Å²) in [5.41, 5.74) is 1.46. The highest BCUT2D eigenvalue weighted by Crippen LogP contribution is 2.47. The zero-order valence-corrected chi connectivity index (χ0v) is 10.6. The molecule has 1 aromatic rings. The van der Waals surface area contributed by atoms with Crippen LogP contribution in [0, 0.1) is 0 Å². The fraction of sp³-hybridized carbons (Fsp3) is 0.667. The predicted molar refractivity (Wildman–Crippen MR) is 62.8 cm³/mol. The molecule has 1 aromatic heterocycles. The summed E-state index contributed by atoms with van der Waals surface area (Å²) in [5, 5.41) is 0.628. The Kier molecular flexibility index (Phi) is 2.26. The van der Waals surface area contributed by atoms with E-state index < -0.39 is 0 Å². The Hall–Kier alpha value is -0.700. The average molecular weight is 223 g/mol. The van der Waals surface area contributed by atoms with Gasteiger partial charge in [0, 0.05) is 15.7 Å². The van der Waals surface area contributed by atoms with Crippen LogP contribution < -0.4 is 0 Å². The largest absolute Gasteiger partial charge is 0.295 e. The molecule has 2 nitrogen and oxygen atoms in total. The van der Waals surface area contributed by atoms with Gasteiger partial charge in [-0.2, -0.15) is 0 Å². The van der Waals surface area contributed by atoms with Gasteiger partial charge in [0.05, 0.1) is 5.69 Å². The van der Waals surface area contributed by atoms with Crippen molar-refractivity contribution in [2.45, 2.75) is 51.4 Å². The van der Waals surface area contributed by atoms with Crippen LogP contribution in [0.2, 0.25) is 0 Å². The van der Waals surface area contributed by atoms with E-state index in [0.717, 1.165) is 18.4 Å². The summed E-state index contributed by atoms with van der Waals surface area (Å²) in [6.45, 7) is 8.92. The van der Waals surface area contributed by atoms with Crippen LogP contribution in [0.4, 0.5) is 0 Å². The number of nitrogens with zero attached hydrogens (tertiary/aromatic N) is 1.